The van der Waals surface area contributed by atoms with E-state index in [9.17, 15) is 22.8 Å². The van der Waals surface area contributed by atoms with E-state index in [1.807, 2.05) is 0 Å². The molecular formula is C18H19F3N4O2. The summed E-state index contributed by atoms with van der Waals surface area (Å²) in [4.78, 5) is 25.4. The molecule has 0 bridgehead atoms. The molecule has 0 aliphatic heterocycles. The van der Waals surface area contributed by atoms with Crippen molar-refractivity contribution < 1.29 is 22.8 Å². The van der Waals surface area contributed by atoms with E-state index in [0.717, 1.165) is 12.1 Å². The van der Waals surface area contributed by atoms with Crippen molar-refractivity contribution in [1.29, 1.82) is 0 Å². The zero-order valence-electron chi connectivity index (χ0n) is 14.8. The van der Waals surface area contributed by atoms with E-state index in [4.69, 9.17) is 0 Å². The standard InChI is InChI=1S/C18H19F3N4O2/c1-24(2)16(26)10-25-9-13(8-22-25)23-17(27)15-7-14(15)11-4-3-5-12(6-11)18(19,20)21/h3-6,8-9,14-15H,7,10H2,1-2H3,(H,23,27). The van der Waals surface area contributed by atoms with Crippen LogP contribution in [0.3, 0.4) is 0 Å². The van der Waals surface area contributed by atoms with E-state index >= 15 is 0 Å². The normalized spacial score (nSPS) is 18.9. The van der Waals surface area contributed by atoms with Crippen molar-refractivity contribution >= 4 is 17.5 Å². The number of carbonyl (C=O) groups is 2. The van der Waals surface area contributed by atoms with Crippen molar-refractivity contribution in [1.82, 2.24) is 14.7 Å². The van der Waals surface area contributed by atoms with E-state index in [1.54, 1.807) is 26.4 Å². The Bertz CT molecular complexity index is 860. The van der Waals surface area contributed by atoms with Gasteiger partial charge in [0.15, 0.2) is 0 Å². The molecule has 1 aromatic heterocycles. The molecule has 27 heavy (non-hydrogen) atoms. The second-order valence-corrected chi connectivity index (χ2v) is 6.78. The highest BCUT2D eigenvalue weighted by Crippen LogP contribution is 2.48. The minimum atomic E-state index is -4.40. The Kier molecular flexibility index (Phi) is 4.95. The molecule has 0 radical (unpaired) electrons. The Morgan fingerprint density at radius 1 is 1.33 bits per heavy atom. The fraction of sp³-hybridized carbons (Fsp3) is 0.389. The average Bonchev–Trinajstić information content (AvgIpc) is 3.29. The summed E-state index contributed by atoms with van der Waals surface area (Å²) in [6, 6.07) is 5.09. The van der Waals surface area contributed by atoms with Gasteiger partial charge in [-0.3, -0.25) is 14.3 Å². The number of aromatic nitrogens is 2. The van der Waals surface area contributed by atoms with Gasteiger partial charge < -0.3 is 10.2 Å². The molecule has 0 saturated heterocycles. The van der Waals surface area contributed by atoms with Crippen LogP contribution < -0.4 is 5.32 Å². The van der Waals surface area contributed by atoms with Crippen LogP contribution in [0.1, 0.15) is 23.5 Å². The van der Waals surface area contributed by atoms with E-state index in [-0.39, 0.29) is 30.2 Å². The summed E-state index contributed by atoms with van der Waals surface area (Å²) in [5.74, 6) is -1.00. The first-order chi connectivity index (χ1) is 12.6. The molecule has 1 aliphatic carbocycles. The molecule has 6 nitrogen and oxygen atoms in total. The monoisotopic (exact) mass is 380 g/mol. The van der Waals surface area contributed by atoms with Gasteiger partial charge in [-0.1, -0.05) is 18.2 Å². The summed E-state index contributed by atoms with van der Waals surface area (Å²) < 4.78 is 39.9. The van der Waals surface area contributed by atoms with Crippen molar-refractivity contribution in [3.05, 3.63) is 47.8 Å². The molecule has 9 heteroatoms. The third kappa shape index (κ3) is 4.47. The van der Waals surface area contributed by atoms with Gasteiger partial charge in [-0.25, -0.2) is 0 Å². The van der Waals surface area contributed by atoms with Crippen LogP contribution in [0.5, 0.6) is 0 Å². The van der Waals surface area contributed by atoms with Gasteiger partial charge in [-0.05, 0) is 24.0 Å². The second kappa shape index (κ2) is 7.05. The predicted molar refractivity (Wildman–Crippen MR) is 91.8 cm³/mol. The molecule has 1 fully saturated rings. The quantitative estimate of drug-likeness (QED) is 0.867. The number of amides is 2. The lowest BCUT2D eigenvalue weighted by Crippen LogP contribution is -2.26. The Morgan fingerprint density at radius 2 is 2.07 bits per heavy atom. The third-order valence-corrected chi connectivity index (χ3v) is 4.47. The number of alkyl halides is 3. The molecule has 1 aromatic carbocycles. The van der Waals surface area contributed by atoms with Crippen LogP contribution in [-0.4, -0.2) is 40.6 Å². The molecule has 0 spiro atoms. The summed E-state index contributed by atoms with van der Waals surface area (Å²) in [5, 5.41) is 6.72. The number of carbonyl (C=O) groups excluding carboxylic acids is 2. The zero-order chi connectivity index (χ0) is 19.8. The Hall–Kier alpha value is -2.84. The highest BCUT2D eigenvalue weighted by atomic mass is 19.4. The van der Waals surface area contributed by atoms with Crippen molar-refractivity contribution in [2.45, 2.75) is 25.1 Å². The topological polar surface area (TPSA) is 67.2 Å². The first-order valence-electron chi connectivity index (χ1n) is 8.36. The molecule has 2 amide bonds. The van der Waals surface area contributed by atoms with E-state index in [1.165, 1.54) is 21.8 Å². The highest BCUT2D eigenvalue weighted by Gasteiger charge is 2.44. The lowest BCUT2D eigenvalue weighted by molar-refractivity contribution is -0.137. The first kappa shape index (κ1) is 18.9. The number of hydrogen-bond donors (Lipinski definition) is 1. The van der Waals surface area contributed by atoms with Crippen LogP contribution in [0, 0.1) is 5.92 Å². The van der Waals surface area contributed by atoms with Gasteiger partial charge in [0.1, 0.15) is 6.54 Å². The number of anilines is 1. The van der Waals surface area contributed by atoms with Crippen LogP contribution in [0.2, 0.25) is 0 Å². The molecule has 1 heterocycles. The Labute approximate surface area is 154 Å². The summed E-state index contributed by atoms with van der Waals surface area (Å²) >= 11 is 0. The second-order valence-electron chi connectivity index (χ2n) is 6.78. The van der Waals surface area contributed by atoms with Gasteiger partial charge in [-0.2, -0.15) is 18.3 Å². The number of benzene rings is 1. The summed E-state index contributed by atoms with van der Waals surface area (Å²) in [5.41, 5.74) is 0.247. The fourth-order valence-corrected chi connectivity index (χ4v) is 2.83. The molecule has 2 unspecified atom stereocenters. The lowest BCUT2D eigenvalue weighted by atomic mass is 10.1. The van der Waals surface area contributed by atoms with Gasteiger partial charge >= 0.3 is 6.18 Å². The molecule has 2 aromatic rings. The van der Waals surface area contributed by atoms with E-state index in [0.29, 0.717) is 17.7 Å². The number of rotatable bonds is 5. The highest BCUT2D eigenvalue weighted by molar-refractivity contribution is 5.95. The van der Waals surface area contributed by atoms with Gasteiger partial charge in [0.2, 0.25) is 11.8 Å². The van der Waals surface area contributed by atoms with Crippen molar-refractivity contribution in [3.8, 4) is 0 Å². The summed E-state index contributed by atoms with van der Waals surface area (Å²) in [6.45, 7) is 0.0547. The number of likely N-dealkylation sites (N-methyl/N-ethyl adjacent to an activating group) is 1. The van der Waals surface area contributed by atoms with Gasteiger partial charge in [-0.15, -0.1) is 0 Å². The maximum Gasteiger partial charge on any atom is 0.416 e. The molecule has 144 valence electrons. The maximum absolute atomic E-state index is 12.8. The van der Waals surface area contributed by atoms with E-state index in [2.05, 4.69) is 10.4 Å². The first-order valence-corrected chi connectivity index (χ1v) is 8.36. The Morgan fingerprint density at radius 3 is 2.74 bits per heavy atom. The predicted octanol–water partition coefficient (Wildman–Crippen LogP) is 2.73. The average molecular weight is 380 g/mol. The lowest BCUT2D eigenvalue weighted by Gasteiger charge is -2.09. The minimum Gasteiger partial charge on any atom is -0.347 e. The number of nitrogens with one attached hydrogen (secondary N) is 1. The number of nitrogens with zero attached hydrogens (tertiary/aromatic N) is 3. The molecule has 1 saturated carbocycles. The van der Waals surface area contributed by atoms with Gasteiger partial charge in [0.25, 0.3) is 0 Å². The third-order valence-electron chi connectivity index (χ3n) is 4.47. The van der Waals surface area contributed by atoms with Gasteiger partial charge in [0, 0.05) is 26.2 Å². The SMILES string of the molecule is CN(C)C(=O)Cn1cc(NC(=O)C2CC2c2cccc(C(F)(F)F)c2)cn1. The molecule has 3 rings (SSSR count). The largest absolute Gasteiger partial charge is 0.416 e. The summed E-state index contributed by atoms with van der Waals surface area (Å²) in [7, 11) is 3.27. The number of hydrogen-bond acceptors (Lipinski definition) is 3. The van der Waals surface area contributed by atoms with Crippen LogP contribution in [-0.2, 0) is 22.3 Å². The number of halogens is 3. The smallest absolute Gasteiger partial charge is 0.347 e. The maximum atomic E-state index is 12.8. The molecule has 1 N–H and O–H groups in total. The van der Waals surface area contributed by atoms with Crippen molar-refractivity contribution in [2.75, 3.05) is 19.4 Å². The zero-order valence-corrected chi connectivity index (χ0v) is 14.8. The van der Waals surface area contributed by atoms with Crippen LogP contribution in [0.15, 0.2) is 36.7 Å². The van der Waals surface area contributed by atoms with Crippen molar-refractivity contribution in [2.24, 2.45) is 5.92 Å². The molecule has 1 aliphatic rings. The van der Waals surface area contributed by atoms with Crippen LogP contribution >= 0.6 is 0 Å². The summed E-state index contributed by atoms with van der Waals surface area (Å²) in [6.07, 6.45) is -0.926. The van der Waals surface area contributed by atoms with Gasteiger partial charge in [0.05, 0.1) is 17.4 Å². The molecule has 2 atom stereocenters. The molecular weight excluding hydrogens is 361 g/mol. The van der Waals surface area contributed by atoms with Crippen LogP contribution in [0.4, 0.5) is 18.9 Å². The fourth-order valence-electron chi connectivity index (χ4n) is 2.83. The minimum absolute atomic E-state index is 0.0547. The Balaban J connectivity index is 1.60. The van der Waals surface area contributed by atoms with E-state index < -0.39 is 11.7 Å². The van der Waals surface area contributed by atoms with Crippen LogP contribution in [0.25, 0.3) is 0 Å². The van der Waals surface area contributed by atoms with Crippen molar-refractivity contribution in [3.63, 3.8) is 0 Å².